The van der Waals surface area contributed by atoms with Gasteiger partial charge in [0.15, 0.2) is 0 Å². The predicted octanol–water partition coefficient (Wildman–Crippen LogP) is 2.13. The average Bonchev–Trinajstić information content (AvgIpc) is 3.09. The molecule has 1 atom stereocenters. The van der Waals surface area contributed by atoms with Gasteiger partial charge in [-0.15, -0.1) is 10.2 Å². The number of hydrogen-bond donors (Lipinski definition) is 1. The van der Waals surface area contributed by atoms with Gasteiger partial charge in [-0.3, -0.25) is 4.79 Å². The lowest BCUT2D eigenvalue weighted by Crippen LogP contribution is -2.48. The highest BCUT2D eigenvalue weighted by Gasteiger charge is 2.31. The van der Waals surface area contributed by atoms with Crippen LogP contribution in [0, 0.1) is 0 Å². The van der Waals surface area contributed by atoms with Crippen LogP contribution in [0.2, 0.25) is 0 Å². The van der Waals surface area contributed by atoms with Gasteiger partial charge in [-0.2, -0.15) is 0 Å². The molecule has 0 aliphatic carbocycles. The highest BCUT2D eigenvalue weighted by Crippen LogP contribution is 2.20. The molecule has 7 heteroatoms. The zero-order valence-corrected chi connectivity index (χ0v) is 13.2. The molecule has 0 radical (unpaired) electrons. The fourth-order valence-corrected chi connectivity index (χ4v) is 2.90. The number of carboxylic acids is 1. The minimum atomic E-state index is -0.938. The van der Waals surface area contributed by atoms with Crippen LogP contribution in [0.25, 0.3) is 11.5 Å². The van der Waals surface area contributed by atoms with E-state index in [2.05, 4.69) is 10.2 Å². The lowest BCUT2D eigenvalue weighted by Gasteiger charge is -2.32. The van der Waals surface area contributed by atoms with Crippen molar-refractivity contribution >= 4 is 11.9 Å². The second kappa shape index (κ2) is 7.25. The Morgan fingerprint density at radius 2 is 2.00 bits per heavy atom. The number of rotatable bonds is 5. The molecule has 0 unspecified atom stereocenters. The van der Waals surface area contributed by atoms with Crippen LogP contribution in [0.4, 0.5) is 0 Å². The van der Waals surface area contributed by atoms with Crippen LogP contribution in [-0.4, -0.2) is 44.7 Å². The molecule has 0 saturated carbocycles. The van der Waals surface area contributed by atoms with Gasteiger partial charge >= 0.3 is 5.97 Å². The minimum absolute atomic E-state index is 0.167. The fourth-order valence-electron chi connectivity index (χ4n) is 2.90. The van der Waals surface area contributed by atoms with Crippen LogP contribution in [0.5, 0.6) is 0 Å². The second-order valence-electron chi connectivity index (χ2n) is 5.80. The van der Waals surface area contributed by atoms with Crippen molar-refractivity contribution in [3.8, 4) is 11.5 Å². The van der Waals surface area contributed by atoms with Crippen LogP contribution < -0.4 is 0 Å². The molecule has 1 aliphatic heterocycles. The van der Waals surface area contributed by atoms with E-state index >= 15 is 0 Å². The van der Waals surface area contributed by atoms with Gasteiger partial charge in [-0.25, -0.2) is 4.79 Å². The maximum absolute atomic E-state index is 12.3. The van der Waals surface area contributed by atoms with Gasteiger partial charge in [0.05, 0.1) is 0 Å². The van der Waals surface area contributed by atoms with E-state index in [0.717, 1.165) is 18.4 Å². The number of likely N-dealkylation sites (tertiary alicyclic amines) is 1. The first-order chi connectivity index (χ1) is 11.6. The molecule has 0 spiro atoms. The summed E-state index contributed by atoms with van der Waals surface area (Å²) in [7, 11) is 0. The average molecular weight is 329 g/mol. The van der Waals surface area contributed by atoms with E-state index in [9.17, 15) is 14.7 Å². The largest absolute Gasteiger partial charge is 0.480 e. The fraction of sp³-hybridized carbons (Fsp3) is 0.412. The first kappa shape index (κ1) is 16.2. The molecule has 2 aromatic rings. The van der Waals surface area contributed by atoms with Gasteiger partial charge in [-0.1, -0.05) is 18.2 Å². The molecule has 1 fully saturated rings. The van der Waals surface area contributed by atoms with E-state index < -0.39 is 12.0 Å². The van der Waals surface area contributed by atoms with Crippen LogP contribution >= 0.6 is 0 Å². The van der Waals surface area contributed by atoms with Crippen LogP contribution in [0.1, 0.15) is 31.6 Å². The quantitative estimate of drug-likeness (QED) is 0.902. The third-order valence-corrected chi connectivity index (χ3v) is 4.15. The van der Waals surface area contributed by atoms with Crippen molar-refractivity contribution in [2.75, 3.05) is 6.54 Å². The first-order valence-electron chi connectivity index (χ1n) is 8.05. The number of piperidine rings is 1. The summed E-state index contributed by atoms with van der Waals surface area (Å²) < 4.78 is 5.57. The maximum atomic E-state index is 12.3. The van der Waals surface area contributed by atoms with Crippen molar-refractivity contribution in [1.82, 2.24) is 15.1 Å². The van der Waals surface area contributed by atoms with Crippen LogP contribution in [-0.2, 0) is 16.0 Å². The zero-order chi connectivity index (χ0) is 16.9. The lowest BCUT2D eigenvalue weighted by molar-refractivity contribution is -0.152. The van der Waals surface area contributed by atoms with Gasteiger partial charge < -0.3 is 14.4 Å². The molecule has 1 N–H and O–H groups in total. The van der Waals surface area contributed by atoms with E-state index in [4.69, 9.17) is 4.42 Å². The molecule has 1 aliphatic rings. The zero-order valence-electron chi connectivity index (χ0n) is 13.2. The summed E-state index contributed by atoms with van der Waals surface area (Å²) in [6.07, 6.45) is 2.67. The predicted molar refractivity (Wildman–Crippen MR) is 85.0 cm³/mol. The number of hydrogen-bond acceptors (Lipinski definition) is 5. The van der Waals surface area contributed by atoms with Gasteiger partial charge in [0.1, 0.15) is 6.04 Å². The normalized spacial score (nSPS) is 17.7. The highest BCUT2D eigenvalue weighted by molar-refractivity contribution is 5.83. The topological polar surface area (TPSA) is 96.5 Å². The maximum Gasteiger partial charge on any atom is 0.326 e. The Kier molecular flexibility index (Phi) is 4.88. The van der Waals surface area contributed by atoms with E-state index in [1.54, 1.807) is 0 Å². The SMILES string of the molecule is O=C(O)[C@H]1CCCCN1C(=O)CCc1nnc(-c2ccccc2)o1. The van der Waals surface area contributed by atoms with Crippen molar-refractivity contribution in [3.05, 3.63) is 36.2 Å². The van der Waals surface area contributed by atoms with Crippen molar-refractivity contribution in [1.29, 1.82) is 0 Å². The summed E-state index contributed by atoms with van der Waals surface area (Å²) in [4.78, 5) is 25.1. The van der Waals surface area contributed by atoms with E-state index in [1.165, 1.54) is 4.90 Å². The number of amides is 1. The molecule has 126 valence electrons. The van der Waals surface area contributed by atoms with E-state index in [-0.39, 0.29) is 12.3 Å². The van der Waals surface area contributed by atoms with Crippen molar-refractivity contribution in [2.45, 2.75) is 38.1 Å². The van der Waals surface area contributed by atoms with Crippen molar-refractivity contribution in [3.63, 3.8) is 0 Å². The first-order valence-corrected chi connectivity index (χ1v) is 8.05. The monoisotopic (exact) mass is 329 g/mol. The van der Waals surface area contributed by atoms with Gasteiger partial charge in [-0.05, 0) is 31.4 Å². The molecule has 1 aromatic heterocycles. The van der Waals surface area contributed by atoms with Crippen molar-refractivity contribution < 1.29 is 19.1 Å². The molecule has 1 amide bonds. The summed E-state index contributed by atoms with van der Waals surface area (Å²) >= 11 is 0. The molecular formula is C17H19N3O4. The summed E-state index contributed by atoms with van der Waals surface area (Å²) in [6, 6.07) is 8.68. The van der Waals surface area contributed by atoms with Crippen LogP contribution in [0.3, 0.4) is 0 Å². The summed E-state index contributed by atoms with van der Waals surface area (Å²) in [5.41, 5.74) is 0.824. The number of aryl methyl sites for hydroxylation is 1. The number of aromatic nitrogens is 2. The number of carboxylic acid groups (broad SMARTS) is 1. The summed E-state index contributed by atoms with van der Waals surface area (Å²) in [5, 5.41) is 17.2. The smallest absolute Gasteiger partial charge is 0.326 e. The van der Waals surface area contributed by atoms with Gasteiger partial charge in [0.2, 0.25) is 17.7 Å². The third kappa shape index (κ3) is 3.61. The molecule has 0 bridgehead atoms. The van der Waals surface area contributed by atoms with Crippen molar-refractivity contribution in [2.24, 2.45) is 0 Å². The molecule has 1 aromatic carbocycles. The van der Waals surface area contributed by atoms with Gasteiger partial charge in [0, 0.05) is 24.9 Å². The Bertz CT molecular complexity index is 714. The standard InChI is InChI=1S/C17H19N3O4/c21-15(20-11-5-4-8-13(20)17(22)23)10-9-14-18-19-16(24-14)12-6-2-1-3-7-12/h1-3,6-7,13H,4-5,8-11H2,(H,22,23)/t13-/m1/s1. The Balaban J connectivity index is 1.60. The summed E-state index contributed by atoms with van der Waals surface area (Å²) in [6.45, 7) is 0.495. The van der Waals surface area contributed by atoms with Crippen LogP contribution in [0.15, 0.2) is 34.7 Å². The third-order valence-electron chi connectivity index (χ3n) is 4.15. The number of benzene rings is 1. The second-order valence-corrected chi connectivity index (χ2v) is 5.80. The number of carbonyl (C=O) groups is 2. The minimum Gasteiger partial charge on any atom is -0.480 e. The molecule has 2 heterocycles. The molecule has 7 nitrogen and oxygen atoms in total. The van der Waals surface area contributed by atoms with E-state index in [1.807, 2.05) is 30.3 Å². The Labute approximate surface area is 139 Å². The lowest BCUT2D eigenvalue weighted by atomic mass is 10.0. The summed E-state index contributed by atoms with van der Waals surface area (Å²) in [5.74, 6) is -0.320. The molecule has 1 saturated heterocycles. The molecule has 24 heavy (non-hydrogen) atoms. The highest BCUT2D eigenvalue weighted by atomic mass is 16.4. The van der Waals surface area contributed by atoms with E-state index in [0.29, 0.717) is 31.2 Å². The Morgan fingerprint density at radius 3 is 2.75 bits per heavy atom. The molecule has 3 rings (SSSR count). The van der Waals surface area contributed by atoms with Gasteiger partial charge in [0.25, 0.3) is 0 Å². The Hall–Kier alpha value is -2.70. The number of aliphatic carboxylic acids is 1. The molecular weight excluding hydrogens is 310 g/mol. The Morgan fingerprint density at radius 1 is 1.21 bits per heavy atom. The number of carbonyl (C=O) groups excluding carboxylic acids is 1. The number of nitrogens with zero attached hydrogens (tertiary/aromatic N) is 3.